The van der Waals surface area contributed by atoms with Crippen LogP contribution in [0.4, 0.5) is 11.4 Å². The third kappa shape index (κ3) is 3.55. The number of nitriles is 3. The van der Waals surface area contributed by atoms with Gasteiger partial charge in [0.05, 0.1) is 61.3 Å². The van der Waals surface area contributed by atoms with Gasteiger partial charge in [-0.15, -0.1) is 0 Å². The predicted octanol–water partition coefficient (Wildman–Crippen LogP) is -0.0433. The molecule has 0 aromatic heterocycles. The van der Waals surface area contributed by atoms with Crippen LogP contribution in [0.1, 0.15) is 17.5 Å². The minimum atomic E-state index is -0.522. The minimum Gasteiger partial charge on any atom is -0.355 e. The highest BCUT2D eigenvalue weighted by Gasteiger charge is 2.27. The Balaban J connectivity index is 2.27. The Morgan fingerprint density at radius 2 is 1.78 bits per heavy atom. The average Bonchev–Trinajstić information content (AvgIpc) is 2.59. The van der Waals surface area contributed by atoms with E-state index in [0.29, 0.717) is 25.2 Å². The molecule has 1 aliphatic rings. The maximum absolute atomic E-state index is 11.3. The predicted molar refractivity (Wildman–Crippen MR) is 80.5 cm³/mol. The monoisotopic (exact) mass is 311 g/mol. The molecule has 1 N–H and O–H groups in total. The molecule has 1 aromatic carbocycles. The molecule has 2 rings (SSSR count). The van der Waals surface area contributed by atoms with Gasteiger partial charge in [-0.3, -0.25) is 10.1 Å². The second-order valence-corrected chi connectivity index (χ2v) is 5.26. The van der Waals surface area contributed by atoms with Gasteiger partial charge in [0, 0.05) is 6.07 Å². The van der Waals surface area contributed by atoms with E-state index in [1.54, 1.807) is 0 Å². The molecule has 1 saturated heterocycles. The van der Waals surface area contributed by atoms with Gasteiger partial charge in [0.15, 0.2) is 0 Å². The molecule has 23 heavy (non-hydrogen) atoms. The SMILES string of the molecule is N#CCC[NH+]1CCN(c2cc(C#N)c(C#N)cc2[N+](=O)[O-])CC1. The van der Waals surface area contributed by atoms with Crippen molar-refractivity contribution >= 4 is 11.4 Å². The topological polar surface area (TPSA) is 122 Å². The van der Waals surface area contributed by atoms with Crippen LogP contribution in [0.25, 0.3) is 0 Å². The van der Waals surface area contributed by atoms with Gasteiger partial charge in [-0.1, -0.05) is 0 Å². The molecule has 0 aliphatic carbocycles. The number of piperazine rings is 1. The molecule has 0 spiro atoms. The maximum Gasteiger partial charge on any atom is 0.293 e. The third-order valence-corrected chi connectivity index (χ3v) is 3.95. The summed E-state index contributed by atoms with van der Waals surface area (Å²) in [6.07, 6.45) is 0.491. The van der Waals surface area contributed by atoms with E-state index < -0.39 is 4.92 Å². The van der Waals surface area contributed by atoms with Crippen LogP contribution >= 0.6 is 0 Å². The summed E-state index contributed by atoms with van der Waals surface area (Å²) in [4.78, 5) is 13.9. The molecule has 1 heterocycles. The normalized spacial score (nSPS) is 14.6. The highest BCUT2D eigenvalue weighted by Crippen LogP contribution is 2.31. The van der Waals surface area contributed by atoms with Crippen LogP contribution in [0, 0.1) is 44.1 Å². The zero-order valence-corrected chi connectivity index (χ0v) is 12.4. The Hall–Kier alpha value is -3.15. The Labute approximate surface area is 133 Å². The van der Waals surface area contributed by atoms with E-state index in [1.165, 1.54) is 17.0 Å². The Kier molecular flexibility index (Phi) is 5.09. The van der Waals surface area contributed by atoms with Crippen molar-refractivity contribution in [2.45, 2.75) is 6.42 Å². The van der Waals surface area contributed by atoms with Crippen LogP contribution in [0.15, 0.2) is 12.1 Å². The number of rotatable bonds is 4. The molecule has 116 valence electrons. The fourth-order valence-electron chi connectivity index (χ4n) is 2.71. The summed E-state index contributed by atoms with van der Waals surface area (Å²) >= 11 is 0. The number of nitrogens with zero attached hydrogens (tertiary/aromatic N) is 5. The van der Waals surface area contributed by atoms with Gasteiger partial charge in [-0.2, -0.15) is 15.8 Å². The standard InChI is InChI=1S/C15H14N6O2/c16-2-1-3-19-4-6-20(7-5-19)14-8-12(10-17)13(11-18)9-15(14)21(22)23/h8-9H,1,3-7H2/p+1. The van der Waals surface area contributed by atoms with Gasteiger partial charge >= 0.3 is 0 Å². The quantitative estimate of drug-likeness (QED) is 0.614. The summed E-state index contributed by atoms with van der Waals surface area (Å²) in [5.41, 5.74) is 0.388. The molecule has 8 nitrogen and oxygen atoms in total. The first-order valence-electron chi connectivity index (χ1n) is 7.18. The number of hydrogen-bond acceptors (Lipinski definition) is 6. The van der Waals surface area contributed by atoms with E-state index in [1.807, 2.05) is 17.0 Å². The third-order valence-electron chi connectivity index (χ3n) is 3.95. The summed E-state index contributed by atoms with van der Waals surface area (Å²) < 4.78 is 0. The highest BCUT2D eigenvalue weighted by atomic mass is 16.6. The van der Waals surface area contributed by atoms with Crippen molar-refractivity contribution in [3.63, 3.8) is 0 Å². The molecule has 0 radical (unpaired) electrons. The molecule has 0 unspecified atom stereocenters. The summed E-state index contributed by atoms with van der Waals surface area (Å²) in [5, 5.41) is 38.0. The minimum absolute atomic E-state index is 0.0150. The molecule has 1 aliphatic heterocycles. The molecule has 1 fully saturated rings. The van der Waals surface area contributed by atoms with Crippen molar-refractivity contribution < 1.29 is 9.82 Å². The first kappa shape index (κ1) is 16.2. The van der Waals surface area contributed by atoms with E-state index in [2.05, 4.69) is 6.07 Å². The lowest BCUT2D eigenvalue weighted by atomic mass is 10.1. The zero-order valence-electron chi connectivity index (χ0n) is 12.4. The number of nitrogens with one attached hydrogen (secondary N) is 1. The molecule has 0 bridgehead atoms. The van der Waals surface area contributed by atoms with Gasteiger partial charge in [0.25, 0.3) is 5.69 Å². The van der Waals surface area contributed by atoms with Crippen molar-refractivity contribution in [2.75, 3.05) is 37.6 Å². The number of anilines is 1. The summed E-state index contributed by atoms with van der Waals surface area (Å²) in [6.45, 7) is 3.54. The Morgan fingerprint density at radius 3 is 2.30 bits per heavy atom. The van der Waals surface area contributed by atoms with Crippen molar-refractivity contribution in [1.82, 2.24) is 0 Å². The molecular formula is C15H15N6O2+. The molecule has 0 atom stereocenters. The van der Waals surface area contributed by atoms with Crippen LogP contribution in [0.2, 0.25) is 0 Å². The lowest BCUT2D eigenvalue weighted by molar-refractivity contribution is -0.900. The van der Waals surface area contributed by atoms with E-state index in [-0.39, 0.29) is 16.8 Å². The second kappa shape index (κ2) is 7.22. The lowest BCUT2D eigenvalue weighted by Crippen LogP contribution is -3.14. The van der Waals surface area contributed by atoms with Gasteiger partial charge in [0.2, 0.25) is 0 Å². The molecule has 0 amide bonds. The Morgan fingerprint density at radius 1 is 1.17 bits per heavy atom. The van der Waals surface area contributed by atoms with Crippen LogP contribution in [-0.4, -0.2) is 37.6 Å². The average molecular weight is 311 g/mol. The fourth-order valence-corrected chi connectivity index (χ4v) is 2.71. The number of quaternary nitrogens is 1. The molecule has 1 aromatic rings. The van der Waals surface area contributed by atoms with Gasteiger partial charge in [0.1, 0.15) is 17.8 Å². The summed E-state index contributed by atoms with van der Waals surface area (Å²) in [5.74, 6) is 0. The number of hydrogen-bond donors (Lipinski definition) is 1. The highest BCUT2D eigenvalue weighted by molar-refractivity contribution is 5.70. The lowest BCUT2D eigenvalue weighted by Gasteiger charge is -2.33. The van der Waals surface area contributed by atoms with Crippen LogP contribution in [0.5, 0.6) is 0 Å². The fraction of sp³-hybridized carbons (Fsp3) is 0.400. The molecule has 8 heteroatoms. The number of nitro groups is 1. The number of benzene rings is 1. The first-order chi connectivity index (χ1) is 11.1. The Bertz CT molecular complexity index is 732. The van der Waals surface area contributed by atoms with Gasteiger partial charge in [-0.25, -0.2) is 0 Å². The second-order valence-electron chi connectivity index (χ2n) is 5.26. The smallest absolute Gasteiger partial charge is 0.293 e. The number of nitro benzene ring substituents is 1. The van der Waals surface area contributed by atoms with E-state index in [9.17, 15) is 10.1 Å². The first-order valence-corrected chi connectivity index (χ1v) is 7.18. The largest absolute Gasteiger partial charge is 0.355 e. The van der Waals surface area contributed by atoms with Crippen LogP contribution < -0.4 is 9.80 Å². The van der Waals surface area contributed by atoms with Crippen molar-refractivity contribution in [3.8, 4) is 18.2 Å². The van der Waals surface area contributed by atoms with E-state index in [0.717, 1.165) is 19.6 Å². The molecule has 0 saturated carbocycles. The molecular weight excluding hydrogens is 296 g/mol. The summed E-state index contributed by atoms with van der Waals surface area (Å²) in [7, 11) is 0. The van der Waals surface area contributed by atoms with Crippen molar-refractivity contribution in [2.24, 2.45) is 0 Å². The maximum atomic E-state index is 11.3. The van der Waals surface area contributed by atoms with E-state index in [4.69, 9.17) is 15.8 Å². The van der Waals surface area contributed by atoms with Gasteiger partial charge < -0.3 is 9.80 Å². The van der Waals surface area contributed by atoms with Crippen molar-refractivity contribution in [3.05, 3.63) is 33.4 Å². The summed E-state index contributed by atoms with van der Waals surface area (Å²) in [6, 6.07) is 8.45. The van der Waals surface area contributed by atoms with Crippen LogP contribution in [-0.2, 0) is 0 Å². The zero-order chi connectivity index (χ0) is 16.8. The van der Waals surface area contributed by atoms with Crippen molar-refractivity contribution in [1.29, 1.82) is 15.8 Å². The van der Waals surface area contributed by atoms with Crippen LogP contribution in [0.3, 0.4) is 0 Å². The van der Waals surface area contributed by atoms with E-state index >= 15 is 0 Å². The van der Waals surface area contributed by atoms with Gasteiger partial charge in [-0.05, 0) is 6.07 Å².